The minimum atomic E-state index is -5.62. The van der Waals surface area contributed by atoms with Crippen LogP contribution < -0.4 is 10.4 Å². The molecule has 0 saturated heterocycles. The number of hydrogen-bond donors (Lipinski definition) is 0. The van der Waals surface area contributed by atoms with E-state index in [4.69, 9.17) is 0 Å². The molecule has 0 atom stereocenters. The molecule has 0 aliphatic carbocycles. The molecule has 2 aromatic rings. The Labute approximate surface area is 108 Å². The Morgan fingerprint density at radius 3 is 1.86 bits per heavy atom. The molecule has 11 heteroatoms. The summed E-state index contributed by atoms with van der Waals surface area (Å²) in [5.74, 6) is -14.3. The second-order valence-corrected chi connectivity index (χ2v) is 3.54. The molecular weight excluding hydrogens is 320 g/mol. The lowest BCUT2D eigenvalue weighted by Gasteiger charge is -2.12. The minimum Gasteiger partial charge on any atom is -0.417 e. The van der Waals surface area contributed by atoms with Crippen molar-refractivity contribution in [2.45, 2.75) is 6.36 Å². The van der Waals surface area contributed by atoms with Crippen LogP contribution in [0, 0.1) is 29.1 Å². The average Bonchev–Trinajstić information content (AvgIpc) is 2.37. The molecule has 3 nitrogen and oxygen atoms in total. The number of fused-ring (bicyclic) bond motifs is 1. The van der Waals surface area contributed by atoms with Crippen molar-refractivity contribution >= 4 is 11.0 Å². The van der Waals surface area contributed by atoms with Gasteiger partial charge in [-0.05, 0) is 0 Å². The largest absolute Gasteiger partial charge is 0.573 e. The third kappa shape index (κ3) is 2.38. The number of benzene rings is 1. The number of ether oxygens (including phenoxy) is 1. The summed E-state index contributed by atoms with van der Waals surface area (Å²) in [4.78, 5) is 10.9. The normalized spacial score (nSPS) is 12.0. The molecule has 0 radical (unpaired) electrons. The predicted molar refractivity (Wildman–Crippen MR) is 49.0 cm³/mol. The molecule has 0 bridgehead atoms. The van der Waals surface area contributed by atoms with Gasteiger partial charge in [0.25, 0.3) is 5.82 Å². The first-order chi connectivity index (χ1) is 9.54. The summed E-state index contributed by atoms with van der Waals surface area (Å²) in [5.41, 5.74) is -3.94. The van der Waals surface area contributed by atoms with Gasteiger partial charge >= 0.3 is 12.0 Å². The molecule has 0 N–H and O–H groups in total. The third-order valence-corrected chi connectivity index (χ3v) is 2.24. The van der Waals surface area contributed by atoms with Crippen LogP contribution in [0.4, 0.5) is 35.1 Å². The summed E-state index contributed by atoms with van der Waals surface area (Å²) in [7, 11) is 0. The number of alkyl halides is 3. The van der Waals surface area contributed by atoms with Gasteiger partial charge in [-0.2, -0.15) is 8.78 Å². The summed E-state index contributed by atoms with van der Waals surface area (Å²) >= 11 is 0. The van der Waals surface area contributed by atoms with E-state index in [2.05, 4.69) is 9.15 Å². The Bertz CT molecular complexity index is 792. The predicted octanol–water partition coefficient (Wildman–Crippen LogP) is 3.39. The van der Waals surface area contributed by atoms with Crippen LogP contribution in [0.5, 0.6) is 5.75 Å². The van der Waals surface area contributed by atoms with Gasteiger partial charge in [0.15, 0.2) is 23.0 Å². The van der Waals surface area contributed by atoms with Crippen molar-refractivity contribution in [2.24, 2.45) is 0 Å². The molecule has 0 spiro atoms. The Balaban J connectivity index is 3.02. The molecule has 0 unspecified atom stereocenters. The molecule has 1 aromatic heterocycles. The first-order valence-electron chi connectivity index (χ1n) is 4.78. The molecule has 0 aliphatic rings. The lowest BCUT2D eigenvalue weighted by Crippen LogP contribution is -2.21. The van der Waals surface area contributed by atoms with Crippen molar-refractivity contribution in [1.29, 1.82) is 0 Å². The van der Waals surface area contributed by atoms with Crippen LogP contribution in [0.25, 0.3) is 11.0 Å². The lowest BCUT2D eigenvalue weighted by atomic mass is 10.2. The van der Waals surface area contributed by atoms with Crippen LogP contribution in [0.3, 0.4) is 0 Å². The highest BCUT2D eigenvalue weighted by Gasteiger charge is 2.37. The van der Waals surface area contributed by atoms with E-state index in [1.54, 1.807) is 0 Å². The van der Waals surface area contributed by atoms with Crippen molar-refractivity contribution < 1.29 is 44.3 Å². The van der Waals surface area contributed by atoms with Crippen LogP contribution >= 0.6 is 0 Å². The highest BCUT2D eigenvalue weighted by atomic mass is 19.4. The zero-order chi connectivity index (χ0) is 16.1. The lowest BCUT2D eigenvalue weighted by molar-refractivity contribution is -0.275. The molecule has 1 heterocycles. The van der Waals surface area contributed by atoms with Gasteiger partial charge in [0, 0.05) is 0 Å². The van der Waals surface area contributed by atoms with Crippen LogP contribution in [-0.2, 0) is 0 Å². The van der Waals surface area contributed by atoms with Gasteiger partial charge < -0.3 is 9.15 Å². The summed E-state index contributed by atoms with van der Waals surface area (Å²) in [6.07, 6.45) is -5.62. The molecule has 0 aliphatic heterocycles. The van der Waals surface area contributed by atoms with E-state index < -0.39 is 57.8 Å². The standard InChI is InChI=1S/C10F8O3/c11-2-1-7(5(14)4(13)3(2)12)20-9(19)6(15)8(1)21-10(16,17)18. The fraction of sp³-hybridized carbons (Fsp3) is 0.100. The summed E-state index contributed by atoms with van der Waals surface area (Å²) in [5, 5.41) is -1.83. The Morgan fingerprint density at radius 1 is 0.810 bits per heavy atom. The quantitative estimate of drug-likeness (QED) is 0.350. The second-order valence-electron chi connectivity index (χ2n) is 3.54. The van der Waals surface area contributed by atoms with Gasteiger partial charge in [-0.3, -0.25) is 0 Å². The van der Waals surface area contributed by atoms with Crippen molar-refractivity contribution in [1.82, 2.24) is 0 Å². The first-order valence-corrected chi connectivity index (χ1v) is 4.78. The van der Waals surface area contributed by atoms with Gasteiger partial charge in [0.2, 0.25) is 11.6 Å². The Morgan fingerprint density at radius 2 is 1.33 bits per heavy atom. The molecule has 21 heavy (non-hydrogen) atoms. The van der Waals surface area contributed by atoms with Gasteiger partial charge in [0.05, 0.1) is 0 Å². The molecule has 0 amide bonds. The van der Waals surface area contributed by atoms with Crippen LogP contribution in [0.1, 0.15) is 0 Å². The highest BCUT2D eigenvalue weighted by Crippen LogP contribution is 2.36. The van der Waals surface area contributed by atoms with E-state index in [-0.39, 0.29) is 0 Å². The summed E-state index contributed by atoms with van der Waals surface area (Å²) in [6.45, 7) is 0. The van der Waals surface area contributed by atoms with E-state index in [9.17, 15) is 39.9 Å². The maximum absolute atomic E-state index is 13.4. The van der Waals surface area contributed by atoms with E-state index in [0.29, 0.717) is 0 Å². The van der Waals surface area contributed by atoms with Crippen molar-refractivity contribution in [3.63, 3.8) is 0 Å². The van der Waals surface area contributed by atoms with Gasteiger partial charge in [-0.1, -0.05) is 0 Å². The van der Waals surface area contributed by atoms with Crippen molar-refractivity contribution in [3.8, 4) is 5.75 Å². The van der Waals surface area contributed by atoms with Crippen LogP contribution in [0.2, 0.25) is 0 Å². The maximum Gasteiger partial charge on any atom is 0.573 e. The monoisotopic (exact) mass is 320 g/mol. The van der Waals surface area contributed by atoms with Gasteiger partial charge in [-0.25, -0.2) is 18.0 Å². The topological polar surface area (TPSA) is 39.4 Å². The molecule has 2 rings (SSSR count). The van der Waals surface area contributed by atoms with E-state index in [1.807, 2.05) is 0 Å². The molecule has 1 aromatic carbocycles. The number of rotatable bonds is 1. The number of hydrogen-bond acceptors (Lipinski definition) is 3. The zero-order valence-corrected chi connectivity index (χ0v) is 9.25. The number of halogens is 8. The van der Waals surface area contributed by atoms with E-state index >= 15 is 0 Å². The molecule has 0 saturated carbocycles. The Hall–Kier alpha value is -2.33. The second kappa shape index (κ2) is 4.60. The minimum absolute atomic E-state index is 1.75. The van der Waals surface area contributed by atoms with Gasteiger partial charge in [-0.15, -0.1) is 13.2 Å². The first kappa shape index (κ1) is 15.1. The highest BCUT2D eigenvalue weighted by molar-refractivity contribution is 5.84. The fourth-order valence-corrected chi connectivity index (χ4v) is 1.46. The molecule has 114 valence electrons. The SMILES string of the molecule is O=c1oc2c(F)c(F)c(F)c(F)c2c(OC(F)(F)F)c1F. The maximum atomic E-state index is 13.4. The smallest absolute Gasteiger partial charge is 0.417 e. The summed E-state index contributed by atoms with van der Waals surface area (Å²) in [6, 6.07) is 0. The average molecular weight is 320 g/mol. The van der Waals surface area contributed by atoms with Crippen LogP contribution in [-0.4, -0.2) is 6.36 Å². The third-order valence-electron chi connectivity index (χ3n) is 2.24. The molecule has 0 fully saturated rings. The zero-order valence-electron chi connectivity index (χ0n) is 9.25. The van der Waals surface area contributed by atoms with E-state index in [0.717, 1.165) is 0 Å². The van der Waals surface area contributed by atoms with Crippen molar-refractivity contribution in [2.75, 3.05) is 0 Å². The summed E-state index contributed by atoms with van der Waals surface area (Å²) < 4.78 is 109. The van der Waals surface area contributed by atoms with Crippen molar-refractivity contribution in [3.05, 3.63) is 39.5 Å². The fourth-order valence-electron chi connectivity index (χ4n) is 1.46. The Kier molecular flexibility index (Phi) is 3.30. The van der Waals surface area contributed by atoms with Gasteiger partial charge in [0.1, 0.15) is 5.39 Å². The van der Waals surface area contributed by atoms with E-state index in [1.165, 1.54) is 0 Å². The van der Waals surface area contributed by atoms with Crippen LogP contribution in [0.15, 0.2) is 9.21 Å². The molecular formula is C10F8O3.